The van der Waals surface area contributed by atoms with Gasteiger partial charge in [0.2, 0.25) is 0 Å². The number of nitrogens with zero attached hydrogens (tertiary/aromatic N) is 1. The molecule has 0 radical (unpaired) electrons. The Balaban J connectivity index is 3.39. The Hall–Kier alpha value is -0.310. The third-order valence-corrected chi connectivity index (χ3v) is 3.51. The number of halogens is 4. The predicted octanol–water partition coefficient (Wildman–Crippen LogP) is 3.22. The summed E-state index contributed by atoms with van der Waals surface area (Å²) in [5.74, 6) is -1.17. The number of hydrogen-bond donors (Lipinski definition) is 1. The maximum absolute atomic E-state index is 12.5. The lowest BCUT2D eigenvalue weighted by Gasteiger charge is -2.09. The van der Waals surface area contributed by atoms with Gasteiger partial charge in [-0.1, -0.05) is 15.9 Å². The van der Waals surface area contributed by atoms with E-state index in [2.05, 4.69) is 20.9 Å². The first-order chi connectivity index (χ1) is 6.99. The van der Waals surface area contributed by atoms with Crippen LogP contribution in [-0.2, 0) is 5.33 Å². The molecule has 0 aliphatic carbocycles. The second kappa shape index (κ2) is 5.15. The summed E-state index contributed by atoms with van der Waals surface area (Å²) in [4.78, 5) is 14.2. The largest absolute Gasteiger partial charge is 0.478 e. The quantitative estimate of drug-likeness (QED) is 0.635. The van der Waals surface area contributed by atoms with Crippen molar-refractivity contribution in [3.8, 4) is 0 Å². The molecule has 0 fully saturated rings. The number of alkyl halides is 3. The maximum atomic E-state index is 12.5. The summed E-state index contributed by atoms with van der Waals surface area (Å²) < 4.78 is 25.3. The Kier molecular flexibility index (Phi) is 4.38. The molecule has 0 aromatic carbocycles. The number of aromatic nitrogens is 1. The maximum Gasteiger partial charge on any atom is 0.338 e. The fourth-order valence-electron chi connectivity index (χ4n) is 1.01. The van der Waals surface area contributed by atoms with Crippen LogP contribution in [0.15, 0.2) is 6.20 Å². The molecule has 3 nitrogen and oxygen atoms in total. The van der Waals surface area contributed by atoms with Crippen LogP contribution in [0.1, 0.15) is 28.0 Å². The highest BCUT2D eigenvalue weighted by atomic mass is 127. The number of carboxylic acids is 1. The van der Waals surface area contributed by atoms with Crippen molar-refractivity contribution in [2.45, 2.75) is 11.8 Å². The zero-order chi connectivity index (χ0) is 11.6. The molecule has 0 aliphatic heterocycles. The van der Waals surface area contributed by atoms with Crippen molar-refractivity contribution in [3.63, 3.8) is 0 Å². The molecule has 1 aromatic heterocycles. The molecule has 0 amide bonds. The summed E-state index contributed by atoms with van der Waals surface area (Å²) in [6, 6.07) is 0. The van der Waals surface area contributed by atoms with Crippen LogP contribution < -0.4 is 0 Å². The number of pyridine rings is 1. The molecule has 1 N–H and O–H groups in total. The molecular formula is C8H5BrF2INO2. The zero-order valence-electron chi connectivity index (χ0n) is 7.18. The van der Waals surface area contributed by atoms with Crippen LogP contribution in [0.25, 0.3) is 0 Å². The normalized spacial score (nSPS) is 10.7. The number of aromatic carboxylic acids is 1. The van der Waals surface area contributed by atoms with E-state index in [1.807, 2.05) is 0 Å². The van der Waals surface area contributed by atoms with Gasteiger partial charge < -0.3 is 5.11 Å². The first-order valence-corrected chi connectivity index (χ1v) is 5.93. The van der Waals surface area contributed by atoms with E-state index in [0.29, 0.717) is 3.57 Å². The van der Waals surface area contributed by atoms with Gasteiger partial charge in [-0.15, -0.1) is 0 Å². The molecule has 82 valence electrons. The van der Waals surface area contributed by atoms with E-state index in [-0.39, 0.29) is 22.2 Å². The number of carboxylic acid groups (broad SMARTS) is 1. The van der Waals surface area contributed by atoms with Crippen molar-refractivity contribution in [3.05, 3.63) is 26.6 Å². The average Bonchev–Trinajstić information content (AvgIpc) is 2.16. The van der Waals surface area contributed by atoms with Crippen LogP contribution in [0.5, 0.6) is 0 Å². The van der Waals surface area contributed by atoms with Gasteiger partial charge in [0, 0.05) is 20.7 Å². The highest BCUT2D eigenvalue weighted by Gasteiger charge is 2.21. The first-order valence-electron chi connectivity index (χ1n) is 3.73. The molecule has 0 bridgehead atoms. The third kappa shape index (κ3) is 2.63. The highest BCUT2D eigenvalue weighted by molar-refractivity contribution is 14.1. The molecule has 0 aliphatic rings. The van der Waals surface area contributed by atoms with Crippen LogP contribution in [0, 0.1) is 3.57 Å². The van der Waals surface area contributed by atoms with Crippen LogP contribution in [-0.4, -0.2) is 16.1 Å². The molecule has 1 heterocycles. The second-order valence-electron chi connectivity index (χ2n) is 2.59. The third-order valence-electron chi connectivity index (χ3n) is 1.71. The van der Waals surface area contributed by atoms with E-state index in [4.69, 9.17) is 5.11 Å². The SMILES string of the molecule is O=C(O)c1cnc(C(F)F)c(CBr)c1I. The average molecular weight is 392 g/mol. The van der Waals surface area contributed by atoms with Crippen molar-refractivity contribution in [2.24, 2.45) is 0 Å². The molecule has 15 heavy (non-hydrogen) atoms. The van der Waals surface area contributed by atoms with Crippen molar-refractivity contribution < 1.29 is 18.7 Å². The lowest BCUT2D eigenvalue weighted by atomic mass is 10.1. The lowest BCUT2D eigenvalue weighted by molar-refractivity contribution is 0.0694. The highest BCUT2D eigenvalue weighted by Crippen LogP contribution is 2.28. The number of hydrogen-bond acceptors (Lipinski definition) is 2. The Morgan fingerprint density at radius 3 is 2.67 bits per heavy atom. The molecule has 1 aromatic rings. The lowest BCUT2D eigenvalue weighted by Crippen LogP contribution is -2.07. The predicted molar refractivity (Wildman–Crippen MR) is 61.5 cm³/mol. The Morgan fingerprint density at radius 1 is 1.67 bits per heavy atom. The molecule has 0 atom stereocenters. The van der Waals surface area contributed by atoms with Gasteiger partial charge in [0.05, 0.1) is 5.56 Å². The summed E-state index contributed by atoms with van der Waals surface area (Å²) in [5.41, 5.74) is -0.207. The standard InChI is InChI=1S/C8H5BrF2INO2/c9-1-3-5(12)4(8(14)15)2-13-6(3)7(10)11/h2,7H,1H2,(H,14,15). The molecular weight excluding hydrogens is 387 g/mol. The van der Waals surface area contributed by atoms with Gasteiger partial charge in [0.25, 0.3) is 6.43 Å². The summed E-state index contributed by atoms with van der Waals surface area (Å²) in [6.45, 7) is 0. The van der Waals surface area contributed by atoms with Gasteiger partial charge >= 0.3 is 5.97 Å². The monoisotopic (exact) mass is 391 g/mol. The van der Waals surface area contributed by atoms with E-state index < -0.39 is 12.4 Å². The van der Waals surface area contributed by atoms with Crippen molar-refractivity contribution >= 4 is 44.5 Å². The number of carbonyl (C=O) groups is 1. The van der Waals surface area contributed by atoms with Gasteiger partial charge in [-0.3, -0.25) is 4.98 Å². The summed E-state index contributed by atoms with van der Waals surface area (Å²) >= 11 is 4.77. The first kappa shape index (κ1) is 12.8. The van der Waals surface area contributed by atoms with E-state index in [1.165, 1.54) is 0 Å². The van der Waals surface area contributed by atoms with Gasteiger partial charge in [-0.25, -0.2) is 13.6 Å². The van der Waals surface area contributed by atoms with E-state index in [0.717, 1.165) is 6.20 Å². The van der Waals surface area contributed by atoms with E-state index >= 15 is 0 Å². The minimum Gasteiger partial charge on any atom is -0.478 e. The van der Waals surface area contributed by atoms with Gasteiger partial charge in [-0.05, 0) is 22.6 Å². The van der Waals surface area contributed by atoms with Crippen LogP contribution >= 0.6 is 38.5 Å². The van der Waals surface area contributed by atoms with E-state index in [1.54, 1.807) is 22.6 Å². The molecule has 0 saturated heterocycles. The smallest absolute Gasteiger partial charge is 0.338 e. The summed E-state index contributed by atoms with van der Waals surface area (Å²) in [6.07, 6.45) is -1.74. The fourth-order valence-corrected chi connectivity index (χ4v) is 2.94. The van der Waals surface area contributed by atoms with E-state index in [9.17, 15) is 13.6 Å². The van der Waals surface area contributed by atoms with Gasteiger partial charge in [0.15, 0.2) is 0 Å². The minimum atomic E-state index is -2.70. The molecule has 7 heteroatoms. The molecule has 0 saturated carbocycles. The molecule has 0 spiro atoms. The molecule has 0 unspecified atom stereocenters. The summed E-state index contributed by atoms with van der Waals surface area (Å²) in [7, 11) is 0. The Bertz CT molecular complexity index is 400. The second-order valence-corrected chi connectivity index (χ2v) is 4.23. The van der Waals surface area contributed by atoms with Crippen LogP contribution in [0.4, 0.5) is 8.78 Å². The minimum absolute atomic E-state index is 0.0607. The van der Waals surface area contributed by atoms with Crippen molar-refractivity contribution in [2.75, 3.05) is 0 Å². The van der Waals surface area contributed by atoms with Crippen molar-refractivity contribution in [1.29, 1.82) is 0 Å². The van der Waals surface area contributed by atoms with Crippen molar-refractivity contribution in [1.82, 2.24) is 4.98 Å². The summed E-state index contributed by atoms with van der Waals surface area (Å²) in [5, 5.41) is 8.92. The molecule has 1 rings (SSSR count). The zero-order valence-corrected chi connectivity index (χ0v) is 10.9. The van der Waals surface area contributed by atoms with Gasteiger partial charge in [-0.2, -0.15) is 0 Å². The Morgan fingerprint density at radius 2 is 2.27 bits per heavy atom. The Labute approximate surface area is 106 Å². The van der Waals surface area contributed by atoms with Crippen LogP contribution in [0.2, 0.25) is 0 Å². The fraction of sp³-hybridized carbons (Fsp3) is 0.250. The van der Waals surface area contributed by atoms with Gasteiger partial charge in [0.1, 0.15) is 5.69 Å². The number of rotatable bonds is 3. The topological polar surface area (TPSA) is 50.2 Å². The van der Waals surface area contributed by atoms with Crippen LogP contribution in [0.3, 0.4) is 0 Å².